The van der Waals surface area contributed by atoms with Gasteiger partial charge in [0, 0.05) is 34.1 Å². The van der Waals surface area contributed by atoms with Gasteiger partial charge in [0.1, 0.15) is 11.8 Å². The summed E-state index contributed by atoms with van der Waals surface area (Å²) >= 11 is 6.13. The second-order valence-electron chi connectivity index (χ2n) is 5.84. The van der Waals surface area contributed by atoms with Crippen LogP contribution in [0.25, 0.3) is 22.6 Å². The molecule has 4 rings (SSSR count). The van der Waals surface area contributed by atoms with E-state index in [9.17, 15) is 5.11 Å². The predicted octanol–water partition coefficient (Wildman–Crippen LogP) is 5.14. The van der Waals surface area contributed by atoms with Crippen LogP contribution in [0.15, 0.2) is 83.6 Å². The Kier molecular flexibility index (Phi) is 4.52. The average Bonchev–Trinajstić information content (AvgIpc) is 3.14. The predicted molar refractivity (Wildman–Crippen MR) is 101 cm³/mol. The van der Waals surface area contributed by atoms with Gasteiger partial charge in [-0.2, -0.15) is 0 Å². The molecule has 0 aliphatic heterocycles. The largest absolute Gasteiger partial charge is 0.383 e. The summed E-state index contributed by atoms with van der Waals surface area (Å²) in [7, 11) is 0. The molecule has 2 heterocycles. The highest BCUT2D eigenvalue weighted by molar-refractivity contribution is 6.30. The van der Waals surface area contributed by atoms with Crippen LogP contribution in [0.2, 0.25) is 5.02 Å². The number of aromatic nitrogens is 2. The molecule has 1 atom stereocenters. The number of benzene rings is 2. The molecule has 0 saturated carbocycles. The van der Waals surface area contributed by atoms with Gasteiger partial charge >= 0.3 is 0 Å². The third-order valence-corrected chi connectivity index (χ3v) is 4.37. The molecule has 0 fully saturated rings. The molecule has 0 amide bonds. The van der Waals surface area contributed by atoms with E-state index in [2.05, 4.69) is 10.1 Å². The van der Waals surface area contributed by atoms with E-state index in [0.717, 1.165) is 11.1 Å². The van der Waals surface area contributed by atoms with Crippen LogP contribution < -0.4 is 0 Å². The van der Waals surface area contributed by atoms with Crippen molar-refractivity contribution in [2.24, 2.45) is 0 Å². The molecule has 1 unspecified atom stereocenters. The first-order chi connectivity index (χ1) is 12.7. The SMILES string of the molecule is OC(c1cccnc1)c1c(-c2ccccc2)noc1-c1cccc(Cl)c1. The Balaban J connectivity index is 1.92. The van der Waals surface area contributed by atoms with E-state index < -0.39 is 6.10 Å². The van der Waals surface area contributed by atoms with Crippen molar-refractivity contribution in [3.05, 3.63) is 95.3 Å². The number of nitrogens with zero attached hydrogens (tertiary/aromatic N) is 2. The van der Waals surface area contributed by atoms with Gasteiger partial charge in [-0.15, -0.1) is 0 Å². The van der Waals surface area contributed by atoms with Crippen LogP contribution in [0.4, 0.5) is 0 Å². The summed E-state index contributed by atoms with van der Waals surface area (Å²) in [6.45, 7) is 0. The highest BCUT2D eigenvalue weighted by atomic mass is 35.5. The summed E-state index contributed by atoms with van der Waals surface area (Å²) in [5.74, 6) is 0.489. The zero-order valence-corrected chi connectivity index (χ0v) is 14.5. The summed E-state index contributed by atoms with van der Waals surface area (Å²) in [4.78, 5) is 4.10. The van der Waals surface area contributed by atoms with Crippen LogP contribution in [-0.2, 0) is 0 Å². The van der Waals surface area contributed by atoms with Crippen LogP contribution in [0.5, 0.6) is 0 Å². The van der Waals surface area contributed by atoms with Crippen molar-refractivity contribution in [1.82, 2.24) is 10.1 Å². The Labute approximate surface area is 155 Å². The highest BCUT2D eigenvalue weighted by Crippen LogP contribution is 2.39. The van der Waals surface area contributed by atoms with Gasteiger partial charge in [0.2, 0.25) is 0 Å². The Hall–Kier alpha value is -2.95. The van der Waals surface area contributed by atoms with Gasteiger partial charge in [-0.3, -0.25) is 4.98 Å². The molecule has 4 nitrogen and oxygen atoms in total. The molecule has 128 valence electrons. The fraction of sp³-hybridized carbons (Fsp3) is 0.0476. The minimum absolute atomic E-state index is 0.489. The van der Waals surface area contributed by atoms with Gasteiger partial charge in [-0.25, -0.2) is 0 Å². The van der Waals surface area contributed by atoms with Gasteiger partial charge in [0.05, 0.1) is 5.56 Å². The van der Waals surface area contributed by atoms with E-state index in [1.165, 1.54) is 0 Å². The van der Waals surface area contributed by atoms with Crippen LogP contribution in [-0.4, -0.2) is 15.2 Å². The molecule has 2 aromatic heterocycles. The number of hydrogen-bond donors (Lipinski definition) is 1. The third kappa shape index (κ3) is 3.12. The molecule has 5 heteroatoms. The number of hydrogen-bond acceptors (Lipinski definition) is 4. The lowest BCUT2D eigenvalue weighted by Crippen LogP contribution is -2.02. The monoisotopic (exact) mass is 362 g/mol. The first-order valence-corrected chi connectivity index (χ1v) is 8.51. The lowest BCUT2D eigenvalue weighted by atomic mass is 9.95. The molecule has 0 saturated heterocycles. The molecular weight excluding hydrogens is 348 g/mol. The second-order valence-corrected chi connectivity index (χ2v) is 6.28. The second kappa shape index (κ2) is 7.12. The maximum atomic E-state index is 11.1. The minimum Gasteiger partial charge on any atom is -0.383 e. The fourth-order valence-electron chi connectivity index (χ4n) is 2.90. The van der Waals surface area contributed by atoms with Crippen molar-refractivity contribution in [2.75, 3.05) is 0 Å². The molecule has 0 radical (unpaired) electrons. The molecule has 26 heavy (non-hydrogen) atoms. The van der Waals surface area contributed by atoms with E-state index in [-0.39, 0.29) is 0 Å². The van der Waals surface area contributed by atoms with E-state index in [1.807, 2.05) is 48.5 Å². The van der Waals surface area contributed by atoms with Crippen molar-refractivity contribution >= 4 is 11.6 Å². The Morgan fingerprint density at radius 1 is 0.923 bits per heavy atom. The zero-order valence-electron chi connectivity index (χ0n) is 13.7. The smallest absolute Gasteiger partial charge is 0.173 e. The van der Waals surface area contributed by atoms with E-state index >= 15 is 0 Å². The van der Waals surface area contributed by atoms with Gasteiger partial charge in [-0.05, 0) is 18.2 Å². The first kappa shape index (κ1) is 16.5. The molecule has 1 N–H and O–H groups in total. The lowest BCUT2D eigenvalue weighted by Gasteiger charge is -2.12. The van der Waals surface area contributed by atoms with Gasteiger partial charge in [0.25, 0.3) is 0 Å². The summed E-state index contributed by atoms with van der Waals surface area (Å²) in [5, 5.41) is 15.9. The number of aliphatic hydroxyl groups excluding tert-OH is 1. The van der Waals surface area contributed by atoms with Crippen molar-refractivity contribution in [2.45, 2.75) is 6.10 Å². The van der Waals surface area contributed by atoms with Crippen molar-refractivity contribution in [3.63, 3.8) is 0 Å². The third-order valence-electron chi connectivity index (χ3n) is 4.14. The van der Waals surface area contributed by atoms with Gasteiger partial charge < -0.3 is 9.63 Å². The molecular formula is C21H15ClN2O2. The molecule has 0 spiro atoms. The molecule has 0 aliphatic carbocycles. The average molecular weight is 363 g/mol. The fourth-order valence-corrected chi connectivity index (χ4v) is 3.09. The summed E-state index contributed by atoms with van der Waals surface area (Å²) in [6.07, 6.45) is 2.37. The highest BCUT2D eigenvalue weighted by Gasteiger charge is 2.26. The van der Waals surface area contributed by atoms with Gasteiger partial charge in [0.15, 0.2) is 5.76 Å². The molecule has 0 aliphatic rings. The van der Waals surface area contributed by atoms with E-state index in [0.29, 0.717) is 27.6 Å². The van der Waals surface area contributed by atoms with Crippen LogP contribution >= 0.6 is 11.6 Å². The van der Waals surface area contributed by atoms with Crippen LogP contribution in [0.3, 0.4) is 0 Å². The normalized spacial score (nSPS) is 12.1. The molecule has 0 bridgehead atoms. The number of pyridine rings is 1. The van der Waals surface area contributed by atoms with E-state index in [4.69, 9.17) is 16.1 Å². The summed E-state index contributed by atoms with van der Waals surface area (Å²) < 4.78 is 5.64. The number of halogens is 1. The molecule has 2 aromatic carbocycles. The Morgan fingerprint density at radius 2 is 1.73 bits per heavy atom. The Morgan fingerprint density at radius 3 is 2.46 bits per heavy atom. The Bertz CT molecular complexity index is 1020. The standard InChI is InChI=1S/C21H15ClN2O2/c22-17-10-4-8-15(12-17)21-18(20(25)16-9-5-11-23-13-16)19(24-26-21)14-6-2-1-3-7-14/h1-13,20,25H. The topological polar surface area (TPSA) is 59.2 Å². The van der Waals surface area contributed by atoms with Crippen molar-refractivity contribution in [3.8, 4) is 22.6 Å². The summed E-state index contributed by atoms with van der Waals surface area (Å²) in [5.41, 5.74) is 3.46. The van der Waals surface area contributed by atoms with E-state index in [1.54, 1.807) is 30.6 Å². The number of rotatable bonds is 4. The summed E-state index contributed by atoms with van der Waals surface area (Å²) in [6, 6.07) is 20.5. The zero-order chi connectivity index (χ0) is 17.9. The maximum Gasteiger partial charge on any atom is 0.173 e. The number of aliphatic hydroxyl groups is 1. The van der Waals surface area contributed by atoms with Gasteiger partial charge in [-0.1, -0.05) is 65.3 Å². The van der Waals surface area contributed by atoms with Crippen molar-refractivity contribution < 1.29 is 9.63 Å². The van der Waals surface area contributed by atoms with Crippen molar-refractivity contribution in [1.29, 1.82) is 0 Å². The van der Waals surface area contributed by atoms with Crippen LogP contribution in [0.1, 0.15) is 17.2 Å². The minimum atomic E-state index is -0.931. The molecule has 4 aromatic rings. The quantitative estimate of drug-likeness (QED) is 0.546. The first-order valence-electron chi connectivity index (χ1n) is 8.13. The maximum absolute atomic E-state index is 11.1. The van der Waals surface area contributed by atoms with Crippen LogP contribution in [0, 0.1) is 0 Å². The lowest BCUT2D eigenvalue weighted by molar-refractivity contribution is 0.220.